The zero-order chi connectivity index (χ0) is 31.3. The first-order valence-corrected chi connectivity index (χ1v) is 13.8. The predicted octanol–water partition coefficient (Wildman–Crippen LogP) is 5.59. The van der Waals surface area contributed by atoms with Crippen molar-refractivity contribution in [3.05, 3.63) is 23.8 Å². The van der Waals surface area contributed by atoms with Gasteiger partial charge in [0.2, 0.25) is 0 Å². The summed E-state index contributed by atoms with van der Waals surface area (Å²) in [6, 6.07) is 3.21. The first kappa shape index (κ1) is 35.5. The predicted molar refractivity (Wildman–Crippen MR) is 149 cm³/mol. The second-order valence-corrected chi connectivity index (χ2v) is 11.0. The maximum absolute atomic E-state index is 12.4. The molecule has 0 saturated heterocycles. The Morgan fingerprint density at radius 2 is 1.29 bits per heavy atom. The average molecular weight is 584 g/mol. The van der Waals surface area contributed by atoms with Crippen LogP contribution in [-0.2, 0) is 30.2 Å². The first-order chi connectivity index (χ1) is 19.1. The Labute approximate surface area is 241 Å². The van der Waals surface area contributed by atoms with E-state index in [-0.39, 0.29) is 48.8 Å². The zero-order valence-corrected chi connectivity index (χ0v) is 25.4. The smallest absolute Gasteiger partial charge is 0.480 e. The normalized spacial score (nSPS) is 14.1. The number of aliphatic carboxylic acids is 1. The van der Waals surface area contributed by atoms with Gasteiger partial charge in [-0.15, -0.1) is 0 Å². The molecular weight excluding hydrogens is 538 g/mol. The van der Waals surface area contributed by atoms with Crippen LogP contribution in [0.2, 0.25) is 0 Å². The molecule has 232 valence electrons. The van der Waals surface area contributed by atoms with E-state index < -0.39 is 48.8 Å². The fourth-order valence-electron chi connectivity index (χ4n) is 2.91. The molecule has 0 bridgehead atoms. The van der Waals surface area contributed by atoms with E-state index in [0.29, 0.717) is 5.56 Å². The van der Waals surface area contributed by atoms with E-state index in [4.69, 9.17) is 28.4 Å². The van der Waals surface area contributed by atoms with Crippen molar-refractivity contribution in [2.24, 2.45) is 17.8 Å². The molecule has 12 heteroatoms. The minimum atomic E-state index is -1.15. The van der Waals surface area contributed by atoms with Crippen molar-refractivity contribution in [1.29, 1.82) is 0 Å². The van der Waals surface area contributed by atoms with Crippen LogP contribution in [0.25, 0.3) is 0 Å². The second kappa shape index (κ2) is 17.3. The van der Waals surface area contributed by atoms with Crippen molar-refractivity contribution in [3.63, 3.8) is 0 Å². The molecule has 0 fully saturated rings. The number of carboxylic acid groups (broad SMARTS) is 1. The molecule has 0 aliphatic carbocycles. The number of nitrogens with one attached hydrogen (secondary N) is 1. The first-order valence-electron chi connectivity index (χ1n) is 13.8. The molecule has 0 heterocycles. The molecule has 1 rings (SSSR count). The van der Waals surface area contributed by atoms with Gasteiger partial charge >= 0.3 is 24.4 Å². The van der Waals surface area contributed by atoms with Crippen molar-refractivity contribution in [3.8, 4) is 11.5 Å². The van der Waals surface area contributed by atoms with Crippen LogP contribution < -0.4 is 14.8 Å². The number of benzene rings is 1. The Hall–Kier alpha value is -3.54. The maximum atomic E-state index is 12.4. The summed E-state index contributed by atoms with van der Waals surface area (Å²) in [4.78, 5) is 48.5. The molecule has 1 aromatic carbocycles. The monoisotopic (exact) mass is 583 g/mol. The van der Waals surface area contributed by atoms with Gasteiger partial charge in [0.05, 0.1) is 6.61 Å². The van der Waals surface area contributed by atoms with Crippen LogP contribution in [0.5, 0.6) is 11.5 Å². The van der Waals surface area contributed by atoms with E-state index in [0.717, 1.165) is 0 Å². The van der Waals surface area contributed by atoms with Gasteiger partial charge in [-0.3, -0.25) is 4.79 Å². The lowest BCUT2D eigenvalue weighted by atomic mass is 10.0. The fourth-order valence-corrected chi connectivity index (χ4v) is 2.91. The summed E-state index contributed by atoms with van der Waals surface area (Å²) < 4.78 is 31.3. The molecular formula is C29H45NO11. The molecule has 0 radical (unpaired) electrons. The molecule has 0 aliphatic rings. The van der Waals surface area contributed by atoms with Gasteiger partial charge in [0.25, 0.3) is 0 Å². The van der Waals surface area contributed by atoms with Crippen LogP contribution in [0.3, 0.4) is 0 Å². The number of hydrogen-bond donors (Lipinski definition) is 2. The van der Waals surface area contributed by atoms with Gasteiger partial charge in [-0.25, -0.2) is 14.4 Å². The number of carbonyl (C=O) groups excluding carboxylic acids is 3. The second-order valence-electron chi connectivity index (χ2n) is 11.0. The highest BCUT2D eigenvalue weighted by molar-refractivity contribution is 5.74. The number of hydrogen-bond acceptors (Lipinski definition) is 11. The quantitative estimate of drug-likeness (QED) is 0.150. The third-order valence-electron chi connectivity index (χ3n) is 6.06. The third kappa shape index (κ3) is 14.1. The van der Waals surface area contributed by atoms with Gasteiger partial charge in [-0.2, -0.15) is 0 Å². The number of rotatable bonds is 15. The van der Waals surface area contributed by atoms with Gasteiger partial charge in [0.15, 0.2) is 11.5 Å². The topological polar surface area (TPSA) is 156 Å². The SMILES string of the molecule is CC(C)COC(=O)OC(C)CN[C@@H](Cc1ccc(OC(=O)OC(C)C(C)C)c(OC(=O)OC(C)C(C)C)c1)C(=O)O. The van der Waals surface area contributed by atoms with Crippen LogP contribution >= 0.6 is 0 Å². The van der Waals surface area contributed by atoms with Crippen molar-refractivity contribution in [1.82, 2.24) is 5.32 Å². The molecule has 1 aromatic rings. The summed E-state index contributed by atoms with van der Waals surface area (Å²) in [5.74, 6) is -1.18. The van der Waals surface area contributed by atoms with E-state index in [2.05, 4.69) is 5.32 Å². The van der Waals surface area contributed by atoms with Gasteiger partial charge in [-0.05, 0) is 62.6 Å². The standard InChI is InChI=1S/C29H45NO11/c1-16(2)15-36-27(33)37-19(7)14-30-23(26(31)32)12-22-10-11-24(40-28(34)38-20(8)17(3)4)25(13-22)41-29(35)39-21(9)18(5)6/h10-11,13,16-21,23,30H,12,14-15H2,1-9H3,(H,31,32)/t19?,20?,21?,23-/m0/s1. The fraction of sp³-hybridized carbons (Fsp3) is 0.655. The van der Waals surface area contributed by atoms with Crippen LogP contribution in [0.4, 0.5) is 14.4 Å². The summed E-state index contributed by atoms with van der Waals surface area (Å²) in [5.41, 5.74) is 0.450. The largest absolute Gasteiger partial charge is 0.514 e. The lowest BCUT2D eigenvalue weighted by molar-refractivity contribution is -0.139. The zero-order valence-electron chi connectivity index (χ0n) is 25.4. The highest BCUT2D eigenvalue weighted by Crippen LogP contribution is 2.30. The Morgan fingerprint density at radius 3 is 1.78 bits per heavy atom. The van der Waals surface area contributed by atoms with Gasteiger partial charge in [0, 0.05) is 6.54 Å². The van der Waals surface area contributed by atoms with Gasteiger partial charge in [-0.1, -0.05) is 47.6 Å². The summed E-state index contributed by atoms with van der Waals surface area (Å²) in [7, 11) is 0. The van der Waals surface area contributed by atoms with Crippen LogP contribution in [0.15, 0.2) is 18.2 Å². The van der Waals surface area contributed by atoms with Gasteiger partial charge < -0.3 is 38.8 Å². The average Bonchev–Trinajstić information content (AvgIpc) is 2.86. The van der Waals surface area contributed by atoms with E-state index in [1.807, 2.05) is 41.5 Å². The van der Waals surface area contributed by atoms with Crippen molar-refractivity contribution in [2.45, 2.75) is 93.1 Å². The summed E-state index contributed by atoms with van der Waals surface area (Å²) in [6.45, 7) is 16.6. The summed E-state index contributed by atoms with van der Waals surface area (Å²) in [5, 5.41) is 12.6. The van der Waals surface area contributed by atoms with Crippen molar-refractivity contribution < 1.29 is 52.7 Å². The molecule has 0 spiro atoms. The van der Waals surface area contributed by atoms with E-state index in [9.17, 15) is 24.3 Å². The molecule has 0 aliphatic heterocycles. The third-order valence-corrected chi connectivity index (χ3v) is 6.06. The Kier molecular flexibility index (Phi) is 15.0. The lowest BCUT2D eigenvalue weighted by Gasteiger charge is -2.20. The Bertz CT molecular complexity index is 1010. The van der Waals surface area contributed by atoms with Crippen LogP contribution in [-0.4, -0.2) is 67.0 Å². The number of ether oxygens (including phenoxy) is 6. The summed E-state index contributed by atoms with van der Waals surface area (Å²) in [6.07, 6.45) is -4.41. The van der Waals surface area contributed by atoms with E-state index in [1.165, 1.54) is 18.2 Å². The van der Waals surface area contributed by atoms with Crippen LogP contribution in [0.1, 0.15) is 67.9 Å². The molecule has 2 N–H and O–H groups in total. The molecule has 0 aromatic heterocycles. The highest BCUT2D eigenvalue weighted by atomic mass is 16.8. The minimum Gasteiger partial charge on any atom is -0.480 e. The number of carbonyl (C=O) groups is 4. The Morgan fingerprint density at radius 1 is 0.756 bits per heavy atom. The molecule has 3 unspecified atom stereocenters. The van der Waals surface area contributed by atoms with Gasteiger partial charge in [0.1, 0.15) is 24.4 Å². The molecule has 0 saturated carbocycles. The minimum absolute atomic E-state index is 0.0305. The Balaban J connectivity index is 3.03. The lowest BCUT2D eigenvalue weighted by Crippen LogP contribution is -2.42. The highest BCUT2D eigenvalue weighted by Gasteiger charge is 2.24. The maximum Gasteiger partial charge on any atom is 0.514 e. The number of carboxylic acids is 1. The summed E-state index contributed by atoms with van der Waals surface area (Å²) >= 11 is 0. The molecule has 0 amide bonds. The molecule has 12 nitrogen and oxygen atoms in total. The molecule has 4 atom stereocenters. The molecule has 41 heavy (non-hydrogen) atoms. The van der Waals surface area contributed by atoms with E-state index in [1.54, 1.807) is 20.8 Å². The van der Waals surface area contributed by atoms with Crippen molar-refractivity contribution in [2.75, 3.05) is 13.2 Å². The van der Waals surface area contributed by atoms with Crippen molar-refractivity contribution >= 4 is 24.4 Å². The van der Waals surface area contributed by atoms with E-state index >= 15 is 0 Å². The van der Waals surface area contributed by atoms with Crippen LogP contribution in [0, 0.1) is 17.8 Å².